The van der Waals surface area contributed by atoms with Crippen molar-refractivity contribution in [1.29, 1.82) is 0 Å². The third-order valence-corrected chi connectivity index (χ3v) is 4.45. The number of carbonyl (C=O) groups is 2. The fourth-order valence-corrected chi connectivity index (χ4v) is 2.82. The number of nitrogens with zero attached hydrogens (tertiary/aromatic N) is 5. The molecule has 2 heterocycles. The number of aliphatic hydroxyl groups excluding tert-OH is 1. The molecule has 1 N–H and O–H groups in total. The molecule has 0 aliphatic rings. The van der Waals surface area contributed by atoms with Crippen molar-refractivity contribution in [3.8, 4) is 28.8 Å². The molecule has 34 heavy (non-hydrogen) atoms. The van der Waals surface area contributed by atoms with Crippen LogP contribution in [0, 0.1) is 11.8 Å². The highest BCUT2D eigenvalue weighted by Crippen LogP contribution is 2.22. The molecule has 0 saturated heterocycles. The minimum absolute atomic E-state index is 0.154. The quantitative estimate of drug-likeness (QED) is 0.311. The summed E-state index contributed by atoms with van der Waals surface area (Å²) in [6, 6.07) is 10.7. The van der Waals surface area contributed by atoms with Gasteiger partial charge in [0.05, 0.1) is 18.0 Å². The normalized spacial score (nSPS) is 10.7. The van der Waals surface area contributed by atoms with Gasteiger partial charge in [-0.05, 0) is 31.2 Å². The highest BCUT2D eigenvalue weighted by atomic mass is 16.5. The van der Waals surface area contributed by atoms with Gasteiger partial charge >= 0.3 is 5.97 Å². The van der Waals surface area contributed by atoms with Crippen molar-refractivity contribution in [3.05, 3.63) is 60.3 Å². The van der Waals surface area contributed by atoms with E-state index in [1.54, 1.807) is 26.1 Å². The Hall–Kier alpha value is -4.03. The molecule has 178 valence electrons. The van der Waals surface area contributed by atoms with E-state index < -0.39 is 12.1 Å². The van der Waals surface area contributed by atoms with Gasteiger partial charge in [0.2, 0.25) is 6.41 Å². The highest BCUT2D eigenvalue weighted by Gasteiger charge is 2.14. The predicted molar refractivity (Wildman–Crippen MR) is 128 cm³/mol. The van der Waals surface area contributed by atoms with E-state index in [9.17, 15) is 14.7 Å². The van der Waals surface area contributed by atoms with Crippen molar-refractivity contribution in [3.63, 3.8) is 0 Å². The molecule has 1 amide bonds. The number of amides is 1. The lowest BCUT2D eigenvalue weighted by molar-refractivity contribution is -0.117. The van der Waals surface area contributed by atoms with Crippen LogP contribution in [0.25, 0.3) is 16.9 Å². The monoisotopic (exact) mass is 463 g/mol. The van der Waals surface area contributed by atoms with E-state index in [1.165, 1.54) is 22.2 Å². The number of rotatable bonds is 8. The van der Waals surface area contributed by atoms with Gasteiger partial charge in [0, 0.05) is 31.1 Å². The molecule has 1 aromatic carbocycles. The lowest BCUT2D eigenvalue weighted by Gasteiger charge is -2.10. The summed E-state index contributed by atoms with van der Waals surface area (Å²) < 4.78 is 6.64. The van der Waals surface area contributed by atoms with E-state index in [-0.39, 0.29) is 12.3 Å². The lowest BCUT2D eigenvalue weighted by atomic mass is 10.1. The molecule has 3 rings (SSSR count). The van der Waals surface area contributed by atoms with Crippen LogP contribution < -0.4 is 0 Å². The van der Waals surface area contributed by atoms with Crippen LogP contribution in [-0.2, 0) is 9.53 Å². The number of aromatic nitrogens is 4. The fourth-order valence-electron chi connectivity index (χ4n) is 2.82. The maximum atomic E-state index is 12.3. The number of pyridine rings is 1. The molecular formula is C25H29N5O4. The molecule has 2 aromatic heterocycles. The van der Waals surface area contributed by atoms with Gasteiger partial charge in [-0.2, -0.15) is 5.10 Å². The average molecular weight is 464 g/mol. The molecule has 1 atom stereocenters. The molecule has 9 heteroatoms. The maximum absolute atomic E-state index is 12.3. The number of benzene rings is 1. The zero-order valence-corrected chi connectivity index (χ0v) is 19.8. The fraction of sp³-hybridized carbons (Fsp3) is 0.320. The summed E-state index contributed by atoms with van der Waals surface area (Å²) in [6.45, 7) is 6.38. The third-order valence-electron chi connectivity index (χ3n) is 4.45. The molecule has 3 aromatic rings. The molecule has 0 bridgehead atoms. The van der Waals surface area contributed by atoms with Crippen LogP contribution in [0.4, 0.5) is 0 Å². The number of aliphatic hydroxyl groups is 1. The van der Waals surface area contributed by atoms with E-state index in [2.05, 4.69) is 26.9 Å². The Morgan fingerprint density at radius 3 is 2.76 bits per heavy atom. The summed E-state index contributed by atoms with van der Waals surface area (Å²) >= 11 is 0. The van der Waals surface area contributed by atoms with Crippen LogP contribution in [0.5, 0.6) is 0 Å². The number of ether oxygens (including phenoxy) is 1. The zero-order chi connectivity index (χ0) is 24.9. The van der Waals surface area contributed by atoms with Crippen LogP contribution >= 0.6 is 0 Å². The van der Waals surface area contributed by atoms with E-state index >= 15 is 0 Å². The van der Waals surface area contributed by atoms with Gasteiger partial charge < -0.3 is 14.7 Å². The van der Waals surface area contributed by atoms with Crippen molar-refractivity contribution in [2.24, 2.45) is 0 Å². The molecular weight excluding hydrogens is 434 g/mol. The summed E-state index contributed by atoms with van der Waals surface area (Å²) in [7, 11) is 1.64. The van der Waals surface area contributed by atoms with Gasteiger partial charge in [0.1, 0.15) is 18.8 Å². The minimum Gasteiger partial charge on any atom is -0.461 e. The highest BCUT2D eigenvalue weighted by molar-refractivity contribution is 5.89. The Labute approximate surface area is 199 Å². The summed E-state index contributed by atoms with van der Waals surface area (Å²) in [5, 5.41) is 14.2. The van der Waals surface area contributed by atoms with Crippen molar-refractivity contribution >= 4 is 12.4 Å². The lowest BCUT2D eigenvalue weighted by Crippen LogP contribution is -2.21. The average Bonchev–Trinajstić information content (AvgIpc) is 3.42. The second kappa shape index (κ2) is 13.5. The number of esters is 1. The Bertz CT molecular complexity index is 1140. The second-order valence-corrected chi connectivity index (χ2v) is 6.90. The summed E-state index contributed by atoms with van der Waals surface area (Å²) in [5.74, 6) is 5.19. The van der Waals surface area contributed by atoms with Gasteiger partial charge in [-0.3, -0.25) is 4.79 Å². The van der Waals surface area contributed by atoms with Gasteiger partial charge in [-0.15, -0.1) is 0 Å². The van der Waals surface area contributed by atoms with E-state index in [0.29, 0.717) is 36.3 Å². The standard InChI is InChI=1S/C23H23N5O4.C2H6/c1-3-32-23(31)22-13-19(28-15-24-14-25-28)12-21(26-22)18-6-4-5-17(11-18)7-8-20(30)9-10-27(2)16-29;1-2/h4-6,11-16,20,30H,3,9-10H2,1-2H3;1-2H3. The van der Waals surface area contributed by atoms with Crippen molar-refractivity contribution in [1.82, 2.24) is 24.6 Å². The van der Waals surface area contributed by atoms with Gasteiger partial charge in [0.25, 0.3) is 0 Å². The number of carbonyl (C=O) groups excluding carboxylic acids is 2. The van der Waals surface area contributed by atoms with Crippen LogP contribution in [-0.4, -0.2) is 68.4 Å². The molecule has 1 unspecified atom stereocenters. The van der Waals surface area contributed by atoms with E-state index in [4.69, 9.17) is 4.74 Å². The molecule has 0 spiro atoms. The molecule has 9 nitrogen and oxygen atoms in total. The third kappa shape index (κ3) is 7.53. The van der Waals surface area contributed by atoms with Gasteiger partial charge in [0.15, 0.2) is 5.69 Å². The largest absolute Gasteiger partial charge is 0.461 e. The first-order chi connectivity index (χ1) is 16.5. The molecule has 0 saturated carbocycles. The van der Waals surface area contributed by atoms with Crippen LogP contribution in [0.3, 0.4) is 0 Å². The molecule has 0 aliphatic heterocycles. The predicted octanol–water partition coefficient (Wildman–Crippen LogP) is 2.72. The van der Waals surface area contributed by atoms with Crippen molar-refractivity contribution < 1.29 is 19.4 Å². The first-order valence-corrected chi connectivity index (χ1v) is 11.0. The van der Waals surface area contributed by atoms with Gasteiger partial charge in [-0.25, -0.2) is 19.4 Å². The topological polar surface area (TPSA) is 110 Å². The maximum Gasteiger partial charge on any atom is 0.357 e. The molecule has 0 aliphatic carbocycles. The smallest absolute Gasteiger partial charge is 0.357 e. The Kier molecular flexibility index (Phi) is 10.4. The Morgan fingerprint density at radius 1 is 1.29 bits per heavy atom. The second-order valence-electron chi connectivity index (χ2n) is 6.90. The van der Waals surface area contributed by atoms with E-state index in [1.807, 2.05) is 38.1 Å². The van der Waals surface area contributed by atoms with Crippen LogP contribution in [0.1, 0.15) is 43.2 Å². The van der Waals surface area contributed by atoms with E-state index in [0.717, 1.165) is 5.56 Å². The molecule has 0 fully saturated rings. The number of hydrogen-bond acceptors (Lipinski definition) is 7. The summed E-state index contributed by atoms with van der Waals surface area (Å²) in [6.07, 6.45) is 3.13. The minimum atomic E-state index is -0.856. The van der Waals surface area contributed by atoms with Crippen LogP contribution in [0.2, 0.25) is 0 Å². The Morgan fingerprint density at radius 2 is 2.09 bits per heavy atom. The van der Waals surface area contributed by atoms with Crippen molar-refractivity contribution in [2.75, 3.05) is 20.2 Å². The van der Waals surface area contributed by atoms with Crippen LogP contribution in [0.15, 0.2) is 49.1 Å². The molecule has 0 radical (unpaired) electrons. The summed E-state index contributed by atoms with van der Waals surface area (Å²) in [5.41, 5.74) is 2.72. The van der Waals surface area contributed by atoms with Gasteiger partial charge in [-0.1, -0.05) is 37.8 Å². The van der Waals surface area contributed by atoms with Crippen molar-refractivity contribution in [2.45, 2.75) is 33.3 Å². The first kappa shape index (κ1) is 26.2. The SMILES string of the molecule is CC.CCOC(=O)c1cc(-n2cncn2)cc(-c2cccc(C#CC(O)CCN(C)C=O)c2)n1. The summed E-state index contributed by atoms with van der Waals surface area (Å²) in [4.78, 5) is 32.8. The zero-order valence-electron chi connectivity index (χ0n) is 19.8. The Balaban J connectivity index is 0.00000199. The number of hydrogen-bond donors (Lipinski definition) is 1. The first-order valence-electron chi connectivity index (χ1n) is 11.0.